The first-order chi connectivity index (χ1) is 18.4. The minimum absolute atomic E-state index is 0.0551. The minimum Gasteiger partial charge on any atom is -0.274 e. The Balaban J connectivity index is 1.72. The van der Waals surface area contributed by atoms with E-state index < -0.39 is 17.7 Å². The highest BCUT2D eigenvalue weighted by atomic mass is 35.5. The molecule has 2 amide bonds. The fourth-order valence-corrected chi connectivity index (χ4v) is 4.86. The third-order valence-corrected chi connectivity index (χ3v) is 7.05. The Morgan fingerprint density at radius 3 is 2.18 bits per heavy atom. The molecule has 1 atom stereocenters. The van der Waals surface area contributed by atoms with Crippen molar-refractivity contribution in [2.75, 3.05) is 0 Å². The van der Waals surface area contributed by atoms with Crippen LogP contribution >= 0.6 is 34.8 Å². The Morgan fingerprint density at radius 1 is 0.895 bits per heavy atom. The lowest BCUT2D eigenvalue weighted by Crippen LogP contribution is -2.48. The zero-order valence-electron chi connectivity index (χ0n) is 19.6. The van der Waals surface area contributed by atoms with Gasteiger partial charge in [0.15, 0.2) is 5.69 Å². The lowest BCUT2D eigenvalue weighted by atomic mass is 9.90. The molecule has 1 aliphatic heterocycles. The van der Waals surface area contributed by atoms with Gasteiger partial charge in [0.05, 0.1) is 38.9 Å². The zero-order chi connectivity index (χ0) is 26.8. The van der Waals surface area contributed by atoms with Crippen molar-refractivity contribution in [1.82, 2.24) is 19.7 Å². The molecule has 2 heterocycles. The van der Waals surface area contributed by atoms with Crippen LogP contribution in [0.1, 0.15) is 33.2 Å². The summed E-state index contributed by atoms with van der Waals surface area (Å²) in [7, 11) is 0. The first kappa shape index (κ1) is 25.6. The highest BCUT2D eigenvalue weighted by molar-refractivity contribution is 6.43. The first-order valence-electron chi connectivity index (χ1n) is 11.4. The van der Waals surface area contributed by atoms with Crippen molar-refractivity contribution in [3.05, 3.63) is 116 Å². The SMILES string of the molecule is N#CN=c1nc2c(nn1-c1cc(Cl)c(Cl)cc1Cl)C(=O)N(Cc1ccccc1)C(=O)C2Cc1ccccc1. The second-order valence-electron chi connectivity index (χ2n) is 8.44. The number of hydrogen-bond acceptors (Lipinski definition) is 6. The summed E-state index contributed by atoms with van der Waals surface area (Å²) >= 11 is 18.7. The Hall–Kier alpha value is -4.03. The van der Waals surface area contributed by atoms with E-state index in [1.165, 1.54) is 17.0 Å². The van der Waals surface area contributed by atoms with E-state index in [0.29, 0.717) is 0 Å². The number of imide groups is 1. The van der Waals surface area contributed by atoms with Crippen LogP contribution in [-0.2, 0) is 17.8 Å². The van der Waals surface area contributed by atoms with Gasteiger partial charge in [0.1, 0.15) is 0 Å². The van der Waals surface area contributed by atoms with E-state index in [4.69, 9.17) is 34.8 Å². The third-order valence-electron chi connectivity index (χ3n) is 6.03. The number of rotatable bonds is 5. The van der Waals surface area contributed by atoms with Gasteiger partial charge < -0.3 is 0 Å². The van der Waals surface area contributed by atoms with Crippen molar-refractivity contribution in [2.45, 2.75) is 18.9 Å². The summed E-state index contributed by atoms with van der Waals surface area (Å²) in [6.45, 7) is 0.0583. The molecule has 4 aromatic rings. The van der Waals surface area contributed by atoms with Gasteiger partial charge in [-0.3, -0.25) is 14.5 Å². The van der Waals surface area contributed by atoms with Crippen molar-refractivity contribution in [2.24, 2.45) is 4.99 Å². The van der Waals surface area contributed by atoms with Gasteiger partial charge >= 0.3 is 0 Å². The molecular weight excluding hydrogens is 547 g/mol. The van der Waals surface area contributed by atoms with Crippen LogP contribution in [0.15, 0.2) is 77.8 Å². The standard InChI is InChI=1S/C27H17Cl3N6O2/c28-19-12-21(30)22(13-20(19)29)36-27(32-15-31)33-23-18(11-16-7-3-1-4-8-16)25(37)35(26(38)24(23)34-36)14-17-9-5-2-6-10-17/h1-10,12-13,18H,11,14H2. The monoisotopic (exact) mass is 562 g/mol. The van der Waals surface area contributed by atoms with Crippen LogP contribution in [0.25, 0.3) is 5.69 Å². The summed E-state index contributed by atoms with van der Waals surface area (Å²) in [5.41, 5.74) is 1.78. The zero-order valence-corrected chi connectivity index (χ0v) is 21.8. The van der Waals surface area contributed by atoms with Gasteiger partial charge in [-0.25, -0.2) is 4.98 Å². The van der Waals surface area contributed by atoms with Crippen LogP contribution in [0.4, 0.5) is 0 Å². The number of amides is 2. The van der Waals surface area contributed by atoms with Crippen molar-refractivity contribution in [1.29, 1.82) is 5.26 Å². The van der Waals surface area contributed by atoms with E-state index in [9.17, 15) is 14.9 Å². The number of fused-ring (bicyclic) bond motifs is 1. The lowest BCUT2D eigenvalue weighted by Gasteiger charge is -2.31. The molecule has 188 valence electrons. The van der Waals surface area contributed by atoms with Crippen molar-refractivity contribution in [3.8, 4) is 11.9 Å². The number of carbonyl (C=O) groups is 2. The fraction of sp³-hybridized carbons (Fsp3) is 0.111. The first-order valence-corrected chi connectivity index (χ1v) is 12.5. The summed E-state index contributed by atoms with van der Waals surface area (Å²) in [5.74, 6) is -1.88. The molecule has 8 nitrogen and oxygen atoms in total. The molecule has 1 aromatic heterocycles. The molecule has 3 aromatic carbocycles. The summed E-state index contributed by atoms with van der Waals surface area (Å²) < 4.78 is 1.15. The van der Waals surface area contributed by atoms with Gasteiger partial charge in [-0.05, 0) is 29.7 Å². The molecular formula is C27H17Cl3N6O2. The molecule has 11 heteroatoms. The van der Waals surface area contributed by atoms with Gasteiger partial charge in [-0.1, -0.05) is 95.5 Å². The largest absolute Gasteiger partial charge is 0.283 e. The number of hydrogen-bond donors (Lipinski definition) is 0. The van der Waals surface area contributed by atoms with Crippen LogP contribution in [-0.4, -0.2) is 31.5 Å². The van der Waals surface area contributed by atoms with Crippen molar-refractivity contribution in [3.63, 3.8) is 0 Å². The highest BCUT2D eigenvalue weighted by Crippen LogP contribution is 2.33. The summed E-state index contributed by atoms with van der Waals surface area (Å²) in [6.07, 6.45) is 1.96. The molecule has 0 aliphatic carbocycles. The molecule has 0 fully saturated rings. The Morgan fingerprint density at radius 2 is 1.53 bits per heavy atom. The van der Waals surface area contributed by atoms with Gasteiger partial charge in [0.25, 0.3) is 11.5 Å². The van der Waals surface area contributed by atoms with E-state index in [2.05, 4.69) is 15.1 Å². The van der Waals surface area contributed by atoms with Crippen LogP contribution in [0.5, 0.6) is 0 Å². The predicted octanol–water partition coefficient (Wildman–Crippen LogP) is 5.12. The smallest absolute Gasteiger partial charge is 0.274 e. The van der Waals surface area contributed by atoms with E-state index in [1.54, 1.807) is 6.19 Å². The number of aromatic nitrogens is 3. The second kappa shape index (κ2) is 10.8. The van der Waals surface area contributed by atoms with Crippen molar-refractivity contribution >= 4 is 46.6 Å². The number of carbonyl (C=O) groups excluding carboxylic acids is 2. The van der Waals surface area contributed by atoms with Crippen LogP contribution < -0.4 is 5.62 Å². The molecule has 0 saturated carbocycles. The molecule has 0 bridgehead atoms. The van der Waals surface area contributed by atoms with Gasteiger partial charge in [0, 0.05) is 0 Å². The molecule has 1 aliphatic rings. The second-order valence-corrected chi connectivity index (χ2v) is 9.67. The Bertz CT molecular complexity index is 1670. The number of nitrogens with zero attached hydrogens (tertiary/aromatic N) is 6. The Kier molecular flexibility index (Phi) is 7.25. The summed E-state index contributed by atoms with van der Waals surface area (Å²) in [6, 6.07) is 21.4. The minimum atomic E-state index is -0.840. The molecule has 38 heavy (non-hydrogen) atoms. The topological polar surface area (TPSA) is 104 Å². The Labute approximate surface area is 232 Å². The molecule has 0 radical (unpaired) electrons. The quantitative estimate of drug-likeness (QED) is 0.190. The predicted molar refractivity (Wildman–Crippen MR) is 142 cm³/mol. The maximum atomic E-state index is 13.7. The average molecular weight is 564 g/mol. The molecule has 0 N–H and O–H groups in total. The normalized spacial score (nSPS) is 15.4. The molecule has 0 spiro atoms. The van der Waals surface area contributed by atoms with E-state index >= 15 is 0 Å². The van der Waals surface area contributed by atoms with Crippen LogP contribution in [0.3, 0.4) is 0 Å². The number of halogens is 3. The van der Waals surface area contributed by atoms with E-state index in [0.717, 1.165) is 15.8 Å². The van der Waals surface area contributed by atoms with Gasteiger partial charge in [-0.15, -0.1) is 4.99 Å². The van der Waals surface area contributed by atoms with E-state index in [-0.39, 0.29) is 50.7 Å². The fourth-order valence-electron chi connectivity index (χ4n) is 4.23. The summed E-state index contributed by atoms with van der Waals surface area (Å²) in [5, 5.41) is 14.4. The molecule has 0 saturated heterocycles. The molecule has 1 unspecified atom stereocenters. The average Bonchev–Trinajstić information content (AvgIpc) is 2.92. The molecule has 5 rings (SSSR count). The van der Waals surface area contributed by atoms with Gasteiger partial charge in [0.2, 0.25) is 12.1 Å². The van der Waals surface area contributed by atoms with Crippen LogP contribution in [0, 0.1) is 11.5 Å². The van der Waals surface area contributed by atoms with Gasteiger partial charge in [-0.2, -0.15) is 15.0 Å². The third kappa shape index (κ3) is 4.92. The van der Waals surface area contributed by atoms with E-state index in [1.807, 2.05) is 60.7 Å². The lowest BCUT2D eigenvalue weighted by molar-refractivity contribution is -0.131. The highest BCUT2D eigenvalue weighted by Gasteiger charge is 2.42. The number of nitriles is 1. The maximum absolute atomic E-state index is 13.7. The summed E-state index contributed by atoms with van der Waals surface area (Å²) in [4.78, 5) is 36.9. The van der Waals surface area contributed by atoms with Crippen LogP contribution in [0.2, 0.25) is 15.1 Å². The number of benzene rings is 3. The maximum Gasteiger partial charge on any atom is 0.283 e. The van der Waals surface area contributed by atoms with Crippen molar-refractivity contribution < 1.29 is 9.59 Å².